The number of amides is 1. The highest BCUT2D eigenvalue weighted by atomic mass is 16.2. The normalized spacial score (nSPS) is 12.5. The number of hydrogen-bond acceptors (Lipinski definition) is 3. The second-order valence-electron chi connectivity index (χ2n) is 6.88. The molecule has 2 aromatic heterocycles. The third-order valence-electron chi connectivity index (χ3n) is 4.73. The highest BCUT2D eigenvalue weighted by molar-refractivity contribution is 5.78. The molecule has 6 heteroatoms. The van der Waals surface area contributed by atoms with E-state index in [1.165, 1.54) is 10.1 Å². The number of rotatable bonds is 6. The smallest absolute Gasteiger partial charge is 0.276 e. The quantitative estimate of drug-likeness (QED) is 0.715. The Bertz CT molecular complexity index is 957. The molecule has 0 bridgehead atoms. The number of aryl methyl sites for hydroxylation is 1. The van der Waals surface area contributed by atoms with E-state index in [0.29, 0.717) is 29.4 Å². The third-order valence-corrected chi connectivity index (χ3v) is 4.73. The Balaban J connectivity index is 1.72. The topological polar surface area (TPSA) is 79.3 Å². The summed E-state index contributed by atoms with van der Waals surface area (Å²) in [4.78, 5) is 29.4. The van der Waals surface area contributed by atoms with E-state index in [1.807, 2.05) is 18.2 Å². The molecule has 1 aromatic carbocycles. The van der Waals surface area contributed by atoms with Gasteiger partial charge in [0.05, 0.1) is 6.42 Å². The highest BCUT2D eigenvalue weighted by Gasteiger charge is 2.18. The van der Waals surface area contributed by atoms with Gasteiger partial charge in [0, 0.05) is 36.0 Å². The van der Waals surface area contributed by atoms with Crippen molar-refractivity contribution in [3.63, 3.8) is 0 Å². The minimum atomic E-state index is -0.226. The first-order chi connectivity index (χ1) is 12.5. The maximum Gasteiger partial charge on any atom is 0.276 e. The predicted octanol–water partition coefficient (Wildman–Crippen LogP) is 2.43. The van der Waals surface area contributed by atoms with Crippen molar-refractivity contribution in [2.24, 2.45) is 5.92 Å². The molecule has 1 atom stereocenters. The molecule has 136 valence electrons. The van der Waals surface area contributed by atoms with Gasteiger partial charge in [0.1, 0.15) is 0 Å². The molecule has 3 rings (SSSR count). The van der Waals surface area contributed by atoms with E-state index in [-0.39, 0.29) is 23.8 Å². The number of aromatic amines is 1. The van der Waals surface area contributed by atoms with Crippen LogP contribution in [0.15, 0.2) is 47.4 Å². The number of hydrogen-bond donors (Lipinski definition) is 2. The number of fused-ring (bicyclic) bond motifs is 1. The predicted molar refractivity (Wildman–Crippen MR) is 101 cm³/mol. The molecule has 1 amide bonds. The molecule has 3 aromatic rings. The van der Waals surface area contributed by atoms with Crippen molar-refractivity contribution < 1.29 is 4.79 Å². The van der Waals surface area contributed by atoms with Crippen molar-refractivity contribution in [3.05, 3.63) is 69.8 Å². The molecular formula is C20H24N4O2. The maximum atomic E-state index is 12.5. The third kappa shape index (κ3) is 3.69. The summed E-state index contributed by atoms with van der Waals surface area (Å²) in [5.74, 6) is 0.452. The van der Waals surface area contributed by atoms with Crippen molar-refractivity contribution in [3.8, 4) is 0 Å². The van der Waals surface area contributed by atoms with Gasteiger partial charge in [-0.25, -0.2) is 9.50 Å². The number of nitrogens with one attached hydrogen (secondary N) is 2. The summed E-state index contributed by atoms with van der Waals surface area (Å²) < 4.78 is 1.36. The zero-order chi connectivity index (χ0) is 18.7. The lowest BCUT2D eigenvalue weighted by atomic mass is 9.88. The molecule has 0 radical (unpaired) electrons. The van der Waals surface area contributed by atoms with E-state index in [9.17, 15) is 9.59 Å². The van der Waals surface area contributed by atoms with Crippen LogP contribution >= 0.6 is 0 Å². The van der Waals surface area contributed by atoms with Crippen molar-refractivity contribution in [2.45, 2.75) is 33.1 Å². The molecule has 2 heterocycles. The molecule has 0 saturated carbocycles. The van der Waals surface area contributed by atoms with E-state index < -0.39 is 0 Å². The number of aromatic nitrogens is 3. The van der Waals surface area contributed by atoms with E-state index in [0.717, 1.165) is 0 Å². The Labute approximate surface area is 152 Å². The Morgan fingerprint density at radius 1 is 1.23 bits per heavy atom. The minimum Gasteiger partial charge on any atom is -0.355 e. The van der Waals surface area contributed by atoms with Gasteiger partial charge in [0.25, 0.3) is 5.56 Å². The number of H-pyrrole nitrogens is 1. The average molecular weight is 352 g/mol. The molecule has 0 aliphatic heterocycles. The summed E-state index contributed by atoms with van der Waals surface area (Å²) in [6.07, 6.45) is 1.68. The molecule has 0 saturated heterocycles. The number of nitrogens with zero attached hydrogens (tertiary/aromatic N) is 2. The van der Waals surface area contributed by atoms with E-state index >= 15 is 0 Å². The van der Waals surface area contributed by atoms with Crippen LogP contribution < -0.4 is 10.9 Å². The van der Waals surface area contributed by atoms with Crippen molar-refractivity contribution >= 4 is 11.6 Å². The summed E-state index contributed by atoms with van der Waals surface area (Å²) >= 11 is 0. The summed E-state index contributed by atoms with van der Waals surface area (Å²) in [5, 5.41) is 5.81. The van der Waals surface area contributed by atoms with Gasteiger partial charge in [-0.2, -0.15) is 0 Å². The summed E-state index contributed by atoms with van der Waals surface area (Å²) in [7, 11) is 0. The molecule has 0 spiro atoms. The summed E-state index contributed by atoms with van der Waals surface area (Å²) in [5.41, 5.74) is 2.54. The highest BCUT2D eigenvalue weighted by Crippen LogP contribution is 2.23. The van der Waals surface area contributed by atoms with Crippen LogP contribution in [0.25, 0.3) is 5.65 Å². The molecule has 26 heavy (non-hydrogen) atoms. The molecule has 6 nitrogen and oxygen atoms in total. The SMILES string of the molecule is Cc1nc2cc[nH]n2c(=O)c1CC(=O)NCC(c1ccccc1)C(C)C. The first-order valence-corrected chi connectivity index (χ1v) is 8.84. The first-order valence-electron chi connectivity index (χ1n) is 8.84. The molecular weight excluding hydrogens is 328 g/mol. The van der Waals surface area contributed by atoms with Gasteiger partial charge in [-0.05, 0) is 18.4 Å². The van der Waals surface area contributed by atoms with Crippen LogP contribution in [0.4, 0.5) is 0 Å². The molecule has 1 unspecified atom stereocenters. The molecule has 0 aliphatic rings. The van der Waals surface area contributed by atoms with E-state index in [2.05, 4.69) is 41.4 Å². The van der Waals surface area contributed by atoms with Crippen molar-refractivity contribution in [2.75, 3.05) is 6.54 Å². The summed E-state index contributed by atoms with van der Waals surface area (Å²) in [6.45, 7) is 6.59. The van der Waals surface area contributed by atoms with Crippen LogP contribution in [0.5, 0.6) is 0 Å². The number of carbonyl (C=O) groups excluding carboxylic acids is 1. The van der Waals surface area contributed by atoms with Gasteiger partial charge in [-0.15, -0.1) is 0 Å². The van der Waals surface area contributed by atoms with Gasteiger partial charge in [0.15, 0.2) is 5.65 Å². The van der Waals surface area contributed by atoms with Gasteiger partial charge in [-0.1, -0.05) is 44.2 Å². The van der Waals surface area contributed by atoms with Crippen LogP contribution in [0.1, 0.15) is 36.6 Å². The fourth-order valence-corrected chi connectivity index (χ4v) is 3.20. The van der Waals surface area contributed by atoms with Crippen LogP contribution in [0.2, 0.25) is 0 Å². The fraction of sp³-hybridized carbons (Fsp3) is 0.350. The van der Waals surface area contributed by atoms with Crippen LogP contribution in [0, 0.1) is 12.8 Å². The Kier molecular flexibility index (Phi) is 5.21. The lowest BCUT2D eigenvalue weighted by Crippen LogP contribution is -2.34. The monoisotopic (exact) mass is 352 g/mol. The Morgan fingerprint density at radius 3 is 2.65 bits per heavy atom. The Morgan fingerprint density at radius 2 is 1.96 bits per heavy atom. The zero-order valence-electron chi connectivity index (χ0n) is 15.3. The van der Waals surface area contributed by atoms with Gasteiger partial charge >= 0.3 is 0 Å². The van der Waals surface area contributed by atoms with Gasteiger partial charge in [-0.3, -0.25) is 14.7 Å². The second-order valence-corrected chi connectivity index (χ2v) is 6.88. The largest absolute Gasteiger partial charge is 0.355 e. The maximum absolute atomic E-state index is 12.5. The zero-order valence-corrected chi connectivity index (χ0v) is 15.3. The van der Waals surface area contributed by atoms with Crippen LogP contribution in [0.3, 0.4) is 0 Å². The average Bonchev–Trinajstić information content (AvgIpc) is 3.08. The number of benzene rings is 1. The molecule has 2 N–H and O–H groups in total. The fourth-order valence-electron chi connectivity index (χ4n) is 3.20. The molecule has 0 fully saturated rings. The minimum absolute atomic E-state index is 0.0270. The van der Waals surface area contributed by atoms with Crippen molar-refractivity contribution in [1.82, 2.24) is 19.9 Å². The first kappa shape index (κ1) is 17.9. The van der Waals surface area contributed by atoms with Crippen LogP contribution in [-0.4, -0.2) is 27.0 Å². The summed E-state index contributed by atoms with van der Waals surface area (Å²) in [6, 6.07) is 11.9. The van der Waals surface area contributed by atoms with E-state index in [4.69, 9.17) is 0 Å². The lowest BCUT2D eigenvalue weighted by Gasteiger charge is -2.22. The Hall–Kier alpha value is -2.89. The van der Waals surface area contributed by atoms with E-state index in [1.54, 1.807) is 19.2 Å². The standard InChI is InChI=1S/C20H24N4O2/c1-13(2)17(15-7-5-4-6-8-15)12-21-19(25)11-16-14(3)23-18-9-10-22-24(18)20(16)26/h4-10,13,17,22H,11-12H2,1-3H3,(H,21,25). The van der Waals surface area contributed by atoms with Crippen LogP contribution in [-0.2, 0) is 11.2 Å². The van der Waals surface area contributed by atoms with Crippen molar-refractivity contribution in [1.29, 1.82) is 0 Å². The number of carbonyl (C=O) groups is 1. The molecule has 0 aliphatic carbocycles. The second kappa shape index (κ2) is 7.56. The van der Waals surface area contributed by atoms with Gasteiger partial charge < -0.3 is 5.32 Å². The lowest BCUT2D eigenvalue weighted by molar-refractivity contribution is -0.120. The van der Waals surface area contributed by atoms with Gasteiger partial charge in [0.2, 0.25) is 5.91 Å².